The van der Waals surface area contributed by atoms with Gasteiger partial charge in [0.2, 0.25) is 0 Å². The zero-order valence-electron chi connectivity index (χ0n) is 21.6. The Hall–Kier alpha value is -3.07. The van der Waals surface area contributed by atoms with Gasteiger partial charge in [-0.2, -0.15) is 0 Å². The van der Waals surface area contributed by atoms with Crippen molar-refractivity contribution < 1.29 is 19.1 Å². The predicted octanol–water partition coefficient (Wildman–Crippen LogP) is 3.11. The lowest BCUT2D eigenvalue weighted by atomic mass is 9.94. The van der Waals surface area contributed by atoms with Crippen LogP contribution in [0.15, 0.2) is 41.6 Å². The van der Waals surface area contributed by atoms with Crippen molar-refractivity contribution in [3.63, 3.8) is 0 Å². The van der Waals surface area contributed by atoms with Crippen molar-refractivity contribution >= 4 is 18.0 Å². The molecule has 0 unspecified atom stereocenters. The van der Waals surface area contributed by atoms with E-state index in [0.29, 0.717) is 44.0 Å². The summed E-state index contributed by atoms with van der Waals surface area (Å²) in [6.45, 7) is 13.3. The highest BCUT2D eigenvalue weighted by Gasteiger charge is 2.38. The molecule has 0 bridgehead atoms. The molecular weight excluding hydrogens is 446 g/mol. The average molecular weight is 486 g/mol. The van der Waals surface area contributed by atoms with E-state index >= 15 is 0 Å². The molecule has 2 heterocycles. The molecule has 1 saturated heterocycles. The summed E-state index contributed by atoms with van der Waals surface area (Å²) in [5.74, 6) is -0.421. The van der Waals surface area contributed by atoms with E-state index in [1.54, 1.807) is 11.8 Å². The third-order valence-electron chi connectivity index (χ3n) is 6.11. The van der Waals surface area contributed by atoms with Gasteiger partial charge in [0.05, 0.1) is 18.2 Å². The van der Waals surface area contributed by atoms with Crippen molar-refractivity contribution in [1.29, 1.82) is 0 Å². The summed E-state index contributed by atoms with van der Waals surface area (Å²) in [7, 11) is 0. The Bertz CT molecular complexity index is 941. The standard InChI is InChI=1S/C26H39N5O4/c1-6-31-20(18-29-14-11-15-30(17-16-29)25(34)28-26(3,4)5)21(23(32)35-7-2)22(27-24(31)33)19-12-9-8-10-13-19/h8-10,12-13,22H,6-7,11,14-18H2,1-5H3,(H,27,33)(H,28,34)/t22-/m0/s1. The molecule has 9 nitrogen and oxygen atoms in total. The number of carbonyl (C=O) groups excluding carboxylic acids is 3. The Balaban J connectivity index is 1.89. The van der Waals surface area contributed by atoms with Gasteiger partial charge in [-0.15, -0.1) is 0 Å². The van der Waals surface area contributed by atoms with E-state index in [4.69, 9.17) is 4.74 Å². The van der Waals surface area contributed by atoms with Gasteiger partial charge in [-0.3, -0.25) is 9.80 Å². The minimum Gasteiger partial charge on any atom is -0.463 e. The topological polar surface area (TPSA) is 94.2 Å². The van der Waals surface area contributed by atoms with Crippen LogP contribution in [0.3, 0.4) is 0 Å². The molecule has 1 aromatic carbocycles. The van der Waals surface area contributed by atoms with E-state index in [9.17, 15) is 14.4 Å². The van der Waals surface area contributed by atoms with Gasteiger partial charge < -0.3 is 20.3 Å². The highest BCUT2D eigenvalue weighted by molar-refractivity contribution is 5.95. The van der Waals surface area contributed by atoms with Gasteiger partial charge >= 0.3 is 18.0 Å². The summed E-state index contributed by atoms with van der Waals surface area (Å²) >= 11 is 0. The van der Waals surface area contributed by atoms with E-state index in [2.05, 4.69) is 15.5 Å². The second kappa shape index (κ2) is 11.6. The minimum absolute atomic E-state index is 0.0675. The summed E-state index contributed by atoms with van der Waals surface area (Å²) in [5.41, 5.74) is 1.66. The molecule has 2 aliphatic heterocycles. The highest BCUT2D eigenvalue weighted by atomic mass is 16.5. The summed E-state index contributed by atoms with van der Waals surface area (Å²) in [6, 6.07) is 8.61. The van der Waals surface area contributed by atoms with Crippen molar-refractivity contribution in [3.05, 3.63) is 47.2 Å². The number of rotatable bonds is 6. The average Bonchev–Trinajstić information content (AvgIpc) is 3.04. The molecule has 3 rings (SSSR count). The molecule has 192 valence electrons. The molecule has 0 aromatic heterocycles. The second-order valence-electron chi connectivity index (χ2n) is 9.92. The van der Waals surface area contributed by atoms with Gasteiger partial charge in [0, 0.05) is 50.5 Å². The number of ether oxygens (including phenoxy) is 1. The van der Waals surface area contributed by atoms with Crippen LogP contribution in [0.5, 0.6) is 0 Å². The third kappa shape index (κ3) is 6.75. The first-order valence-electron chi connectivity index (χ1n) is 12.5. The number of carbonyl (C=O) groups is 3. The summed E-state index contributed by atoms with van der Waals surface area (Å²) in [5, 5.41) is 6.03. The molecule has 0 radical (unpaired) electrons. The first-order valence-corrected chi connectivity index (χ1v) is 12.5. The number of hydrogen-bond donors (Lipinski definition) is 2. The van der Waals surface area contributed by atoms with Crippen LogP contribution < -0.4 is 10.6 Å². The molecular formula is C26H39N5O4. The van der Waals surface area contributed by atoms with Gasteiger partial charge in [-0.25, -0.2) is 14.4 Å². The predicted molar refractivity (Wildman–Crippen MR) is 135 cm³/mol. The maximum atomic E-state index is 13.2. The number of nitrogens with zero attached hydrogens (tertiary/aromatic N) is 3. The quantitative estimate of drug-likeness (QED) is 0.604. The fraction of sp³-hybridized carbons (Fsp3) is 0.577. The first kappa shape index (κ1) is 26.5. The van der Waals surface area contributed by atoms with Crippen LogP contribution in [0.1, 0.15) is 52.6 Å². The SMILES string of the molecule is CCOC(=O)C1=C(CN2CCCN(C(=O)NC(C)(C)C)CC2)N(CC)C(=O)N[C@H]1c1ccccc1. The molecule has 0 aliphatic carbocycles. The van der Waals surface area contributed by atoms with Crippen LogP contribution in [-0.2, 0) is 9.53 Å². The van der Waals surface area contributed by atoms with Crippen LogP contribution in [0, 0.1) is 0 Å². The summed E-state index contributed by atoms with van der Waals surface area (Å²) in [6.07, 6.45) is 0.806. The van der Waals surface area contributed by atoms with Crippen molar-refractivity contribution in [2.24, 2.45) is 0 Å². The number of amides is 4. The molecule has 0 spiro atoms. The number of nitrogens with one attached hydrogen (secondary N) is 2. The molecule has 1 atom stereocenters. The van der Waals surface area contributed by atoms with Crippen LogP contribution in [0.2, 0.25) is 0 Å². The van der Waals surface area contributed by atoms with Crippen LogP contribution in [0.4, 0.5) is 9.59 Å². The van der Waals surface area contributed by atoms with Crippen molar-refractivity contribution in [3.8, 4) is 0 Å². The van der Waals surface area contributed by atoms with E-state index in [-0.39, 0.29) is 24.2 Å². The first-order chi connectivity index (χ1) is 16.6. The molecule has 9 heteroatoms. The molecule has 1 fully saturated rings. The Morgan fingerprint density at radius 3 is 2.43 bits per heavy atom. The Labute approximate surface area is 208 Å². The van der Waals surface area contributed by atoms with Crippen LogP contribution in [-0.4, -0.2) is 84.1 Å². The molecule has 2 aliphatic rings. The zero-order valence-corrected chi connectivity index (χ0v) is 21.6. The maximum Gasteiger partial charge on any atom is 0.338 e. The largest absolute Gasteiger partial charge is 0.463 e. The lowest BCUT2D eigenvalue weighted by Crippen LogP contribution is -2.51. The number of benzene rings is 1. The highest BCUT2D eigenvalue weighted by Crippen LogP contribution is 2.32. The Kier molecular flexibility index (Phi) is 8.77. The van der Waals surface area contributed by atoms with E-state index in [1.807, 2.05) is 62.9 Å². The van der Waals surface area contributed by atoms with Gasteiger partial charge in [0.1, 0.15) is 0 Å². The molecule has 0 saturated carbocycles. The summed E-state index contributed by atoms with van der Waals surface area (Å²) in [4.78, 5) is 44.6. The monoisotopic (exact) mass is 485 g/mol. The van der Waals surface area contributed by atoms with Gasteiger partial charge in [-0.05, 0) is 46.6 Å². The number of esters is 1. The lowest BCUT2D eigenvalue weighted by Gasteiger charge is -2.38. The maximum absolute atomic E-state index is 13.2. The van der Waals surface area contributed by atoms with Crippen molar-refractivity contribution in [2.45, 2.75) is 52.6 Å². The zero-order chi connectivity index (χ0) is 25.6. The van der Waals surface area contributed by atoms with Gasteiger partial charge in [0.25, 0.3) is 0 Å². The number of likely N-dealkylation sites (N-methyl/N-ethyl adjacent to an activating group) is 1. The van der Waals surface area contributed by atoms with Crippen molar-refractivity contribution in [1.82, 2.24) is 25.3 Å². The van der Waals surface area contributed by atoms with Crippen molar-refractivity contribution in [2.75, 3.05) is 45.9 Å². The number of hydrogen-bond acceptors (Lipinski definition) is 5. The fourth-order valence-electron chi connectivity index (χ4n) is 4.50. The van der Waals surface area contributed by atoms with E-state index in [1.165, 1.54) is 0 Å². The molecule has 35 heavy (non-hydrogen) atoms. The number of urea groups is 2. The Morgan fingerprint density at radius 2 is 1.80 bits per heavy atom. The van der Waals surface area contributed by atoms with Gasteiger partial charge in [0.15, 0.2) is 0 Å². The Morgan fingerprint density at radius 1 is 1.09 bits per heavy atom. The van der Waals surface area contributed by atoms with Gasteiger partial charge in [-0.1, -0.05) is 30.3 Å². The second-order valence-corrected chi connectivity index (χ2v) is 9.92. The van der Waals surface area contributed by atoms with Crippen LogP contribution in [0.25, 0.3) is 0 Å². The molecule has 2 N–H and O–H groups in total. The lowest BCUT2D eigenvalue weighted by molar-refractivity contribution is -0.139. The summed E-state index contributed by atoms with van der Waals surface area (Å²) < 4.78 is 5.45. The minimum atomic E-state index is -0.582. The third-order valence-corrected chi connectivity index (χ3v) is 6.11. The normalized spacial score (nSPS) is 19.8. The van der Waals surface area contributed by atoms with Crippen LogP contribution >= 0.6 is 0 Å². The smallest absolute Gasteiger partial charge is 0.338 e. The van der Waals surface area contributed by atoms with E-state index in [0.717, 1.165) is 18.5 Å². The molecule has 1 aromatic rings. The fourth-order valence-corrected chi connectivity index (χ4v) is 4.50. The molecule has 4 amide bonds. The van der Waals surface area contributed by atoms with E-state index < -0.39 is 12.0 Å².